The normalized spacial score (nSPS) is 19.8. The molecule has 2 aromatic heterocycles. The number of anilines is 2. The minimum atomic E-state index is -0.406. The molecule has 0 saturated carbocycles. The number of ether oxygens (including phenoxy) is 1. The van der Waals surface area contributed by atoms with Crippen LogP contribution in [0, 0.1) is 11.7 Å². The van der Waals surface area contributed by atoms with Crippen molar-refractivity contribution in [2.45, 2.75) is 25.7 Å². The van der Waals surface area contributed by atoms with E-state index in [2.05, 4.69) is 49.4 Å². The number of halogens is 1. The SMILES string of the molecule is Fc1cnc(N2CCOCC2)nc1NCCN1CCCC(Cc2cncc3ccccc23)CC1. The van der Waals surface area contributed by atoms with Gasteiger partial charge in [0.15, 0.2) is 11.6 Å². The van der Waals surface area contributed by atoms with Crippen molar-refractivity contribution < 1.29 is 9.13 Å². The number of nitrogens with zero attached hydrogens (tertiary/aromatic N) is 5. The summed E-state index contributed by atoms with van der Waals surface area (Å²) in [5.41, 5.74) is 1.36. The largest absolute Gasteiger partial charge is 0.378 e. The molecule has 1 atom stereocenters. The fourth-order valence-electron chi connectivity index (χ4n) is 5.04. The molecule has 3 aromatic rings. The molecule has 0 radical (unpaired) electrons. The average Bonchev–Trinajstić information content (AvgIpc) is 3.11. The Labute approximate surface area is 200 Å². The topological polar surface area (TPSA) is 66.4 Å². The van der Waals surface area contributed by atoms with Crippen molar-refractivity contribution in [3.05, 3.63) is 54.2 Å². The van der Waals surface area contributed by atoms with Gasteiger partial charge in [0.2, 0.25) is 5.95 Å². The van der Waals surface area contributed by atoms with E-state index in [1.54, 1.807) is 0 Å². The third kappa shape index (κ3) is 5.62. The maximum Gasteiger partial charge on any atom is 0.227 e. The summed E-state index contributed by atoms with van der Waals surface area (Å²) in [4.78, 5) is 17.6. The van der Waals surface area contributed by atoms with Gasteiger partial charge in [-0.2, -0.15) is 4.98 Å². The molecule has 2 saturated heterocycles. The van der Waals surface area contributed by atoms with E-state index < -0.39 is 5.82 Å². The first-order chi connectivity index (χ1) is 16.8. The van der Waals surface area contributed by atoms with Gasteiger partial charge in [0.05, 0.1) is 19.4 Å². The van der Waals surface area contributed by atoms with Gasteiger partial charge in [-0.1, -0.05) is 24.3 Å². The Morgan fingerprint density at radius 3 is 2.82 bits per heavy atom. The Morgan fingerprint density at radius 1 is 1.03 bits per heavy atom. The Morgan fingerprint density at radius 2 is 1.91 bits per heavy atom. The van der Waals surface area contributed by atoms with Gasteiger partial charge >= 0.3 is 0 Å². The number of fused-ring (bicyclic) bond motifs is 1. The zero-order valence-electron chi connectivity index (χ0n) is 19.6. The van der Waals surface area contributed by atoms with Crippen LogP contribution in [0.3, 0.4) is 0 Å². The highest BCUT2D eigenvalue weighted by molar-refractivity contribution is 5.84. The van der Waals surface area contributed by atoms with Gasteiger partial charge in [0, 0.05) is 44.0 Å². The van der Waals surface area contributed by atoms with Gasteiger partial charge in [-0.25, -0.2) is 9.37 Å². The lowest BCUT2D eigenvalue weighted by molar-refractivity contribution is 0.122. The number of hydrogen-bond acceptors (Lipinski definition) is 7. The summed E-state index contributed by atoms with van der Waals surface area (Å²) in [6, 6.07) is 8.52. The molecule has 2 fully saturated rings. The number of rotatable bonds is 7. The number of aromatic nitrogens is 3. The van der Waals surface area contributed by atoms with Crippen molar-refractivity contribution in [1.29, 1.82) is 0 Å². The molecule has 1 N–H and O–H groups in total. The quantitative estimate of drug-likeness (QED) is 0.571. The minimum Gasteiger partial charge on any atom is -0.378 e. The highest BCUT2D eigenvalue weighted by Crippen LogP contribution is 2.26. The summed E-state index contributed by atoms with van der Waals surface area (Å²) in [6.45, 7) is 6.44. The zero-order valence-corrected chi connectivity index (χ0v) is 19.6. The monoisotopic (exact) mass is 464 g/mol. The van der Waals surface area contributed by atoms with Crippen LogP contribution >= 0.6 is 0 Å². The van der Waals surface area contributed by atoms with Crippen molar-refractivity contribution in [1.82, 2.24) is 19.9 Å². The van der Waals surface area contributed by atoms with Gasteiger partial charge in [0.25, 0.3) is 0 Å². The van der Waals surface area contributed by atoms with Crippen molar-refractivity contribution >= 4 is 22.5 Å². The number of likely N-dealkylation sites (tertiary alicyclic amines) is 1. The van der Waals surface area contributed by atoms with Crippen LogP contribution in [-0.2, 0) is 11.2 Å². The third-order valence-corrected chi connectivity index (χ3v) is 6.95. The molecular formula is C26H33FN6O. The van der Waals surface area contributed by atoms with Crippen LogP contribution in [0.2, 0.25) is 0 Å². The third-order valence-electron chi connectivity index (χ3n) is 6.95. The molecule has 8 heteroatoms. The molecule has 0 amide bonds. The smallest absolute Gasteiger partial charge is 0.227 e. The lowest BCUT2D eigenvalue weighted by atomic mass is 9.91. The van der Waals surface area contributed by atoms with Crippen LogP contribution < -0.4 is 10.2 Å². The molecule has 1 aromatic carbocycles. The van der Waals surface area contributed by atoms with E-state index >= 15 is 0 Å². The zero-order chi connectivity index (χ0) is 23.2. The van der Waals surface area contributed by atoms with E-state index in [-0.39, 0.29) is 5.82 Å². The van der Waals surface area contributed by atoms with Gasteiger partial charge in [-0.3, -0.25) is 4.98 Å². The molecule has 34 heavy (non-hydrogen) atoms. The van der Waals surface area contributed by atoms with Gasteiger partial charge in [0.1, 0.15) is 0 Å². The molecule has 0 spiro atoms. The summed E-state index contributed by atoms with van der Waals surface area (Å²) in [6.07, 6.45) is 9.92. The van der Waals surface area contributed by atoms with Crippen LogP contribution in [0.5, 0.6) is 0 Å². The van der Waals surface area contributed by atoms with Gasteiger partial charge < -0.3 is 19.9 Å². The fourth-order valence-corrected chi connectivity index (χ4v) is 5.04. The molecule has 1 unspecified atom stereocenters. The highest BCUT2D eigenvalue weighted by Gasteiger charge is 2.19. The number of morpholine rings is 1. The summed E-state index contributed by atoms with van der Waals surface area (Å²) in [7, 11) is 0. The van der Waals surface area contributed by atoms with Gasteiger partial charge in [-0.15, -0.1) is 0 Å². The molecule has 7 nitrogen and oxygen atoms in total. The number of hydrogen-bond donors (Lipinski definition) is 1. The van der Waals surface area contributed by atoms with E-state index in [9.17, 15) is 4.39 Å². The second kappa shape index (κ2) is 11.1. The minimum absolute atomic E-state index is 0.285. The molecule has 0 aliphatic carbocycles. The van der Waals surface area contributed by atoms with Crippen molar-refractivity contribution in [2.75, 3.05) is 62.7 Å². The second-order valence-electron chi connectivity index (χ2n) is 9.26. The Kier molecular flexibility index (Phi) is 7.46. The van der Waals surface area contributed by atoms with E-state index in [4.69, 9.17) is 4.74 Å². The van der Waals surface area contributed by atoms with E-state index in [0.717, 1.165) is 39.1 Å². The van der Waals surface area contributed by atoms with Crippen LogP contribution in [0.1, 0.15) is 24.8 Å². The van der Waals surface area contributed by atoms with Crippen molar-refractivity contribution in [2.24, 2.45) is 5.92 Å². The number of benzene rings is 1. The standard InChI is InChI=1S/C26H33FN6O/c27-24-19-30-26(33-12-14-34-15-13-33)31-25(24)29-8-11-32-9-3-4-20(7-10-32)16-22-18-28-17-21-5-1-2-6-23(21)22/h1-2,5-6,17-20H,3-4,7-16H2,(H,29,30,31). The summed E-state index contributed by atoms with van der Waals surface area (Å²) in [5, 5.41) is 5.74. The number of nitrogens with one attached hydrogen (secondary N) is 1. The van der Waals surface area contributed by atoms with Crippen molar-refractivity contribution in [3.8, 4) is 0 Å². The molecular weight excluding hydrogens is 431 g/mol. The lowest BCUT2D eigenvalue weighted by Gasteiger charge is -2.27. The summed E-state index contributed by atoms with van der Waals surface area (Å²) in [5.74, 6) is 1.11. The van der Waals surface area contributed by atoms with E-state index in [1.807, 2.05) is 17.3 Å². The van der Waals surface area contributed by atoms with E-state index in [0.29, 0.717) is 31.6 Å². The second-order valence-corrected chi connectivity index (χ2v) is 9.26. The van der Waals surface area contributed by atoms with Crippen molar-refractivity contribution in [3.63, 3.8) is 0 Å². The Hall–Kier alpha value is -2.84. The van der Waals surface area contributed by atoms with Crippen LogP contribution in [0.15, 0.2) is 42.9 Å². The maximum absolute atomic E-state index is 14.3. The van der Waals surface area contributed by atoms with Crippen LogP contribution in [0.4, 0.5) is 16.2 Å². The first kappa shape index (κ1) is 22.9. The fraction of sp³-hybridized carbons (Fsp3) is 0.500. The number of pyridine rings is 1. The first-order valence-corrected chi connectivity index (χ1v) is 12.4. The molecule has 2 aliphatic heterocycles. The first-order valence-electron chi connectivity index (χ1n) is 12.4. The maximum atomic E-state index is 14.3. The van der Waals surface area contributed by atoms with Crippen LogP contribution in [-0.4, -0.2) is 72.3 Å². The Bertz CT molecular complexity index is 1080. The molecule has 180 valence electrons. The Balaban J connectivity index is 1.12. The molecule has 2 aliphatic rings. The predicted octanol–water partition coefficient (Wildman–Crippen LogP) is 3.76. The summed E-state index contributed by atoms with van der Waals surface area (Å²) >= 11 is 0. The molecule has 0 bridgehead atoms. The molecule has 4 heterocycles. The lowest BCUT2D eigenvalue weighted by Crippen LogP contribution is -2.37. The van der Waals surface area contributed by atoms with Crippen LogP contribution in [0.25, 0.3) is 10.8 Å². The molecule has 5 rings (SSSR count). The van der Waals surface area contributed by atoms with E-state index in [1.165, 1.54) is 41.8 Å². The highest BCUT2D eigenvalue weighted by atomic mass is 19.1. The predicted molar refractivity (Wildman–Crippen MR) is 133 cm³/mol. The van der Waals surface area contributed by atoms with Gasteiger partial charge in [-0.05, 0) is 55.6 Å². The average molecular weight is 465 g/mol. The summed E-state index contributed by atoms with van der Waals surface area (Å²) < 4.78 is 19.7.